The molecular weight excluding hydrogens is 240 g/mol. The second-order valence-electron chi connectivity index (χ2n) is 4.93. The fourth-order valence-corrected chi connectivity index (χ4v) is 4.35. The van der Waals surface area contributed by atoms with Gasteiger partial charge in [-0.05, 0) is 25.8 Å². The molecule has 0 saturated carbocycles. The van der Waals surface area contributed by atoms with E-state index in [2.05, 4.69) is 5.32 Å². The highest BCUT2D eigenvalue weighted by Gasteiger charge is 2.33. The summed E-state index contributed by atoms with van der Waals surface area (Å²) in [6.45, 7) is 2.07. The SMILES string of the molecule is COC1CCN(S(=O)(=O)CC2CCCCN2)C1. The molecule has 0 spiro atoms. The van der Waals surface area contributed by atoms with Crippen molar-refractivity contribution in [1.82, 2.24) is 9.62 Å². The molecule has 2 unspecified atom stereocenters. The van der Waals surface area contributed by atoms with E-state index < -0.39 is 10.0 Å². The Morgan fingerprint density at radius 1 is 1.35 bits per heavy atom. The van der Waals surface area contributed by atoms with Crippen LogP contribution in [0.4, 0.5) is 0 Å². The topological polar surface area (TPSA) is 58.6 Å². The minimum atomic E-state index is -3.11. The predicted molar refractivity (Wildman–Crippen MR) is 66.4 cm³/mol. The molecule has 0 bridgehead atoms. The zero-order valence-corrected chi connectivity index (χ0v) is 11.2. The van der Waals surface area contributed by atoms with Gasteiger partial charge in [0.05, 0.1) is 11.9 Å². The minimum absolute atomic E-state index is 0.0732. The largest absolute Gasteiger partial charge is 0.380 e. The Kier molecular flexibility index (Phi) is 4.41. The van der Waals surface area contributed by atoms with Gasteiger partial charge in [0.25, 0.3) is 0 Å². The second kappa shape index (κ2) is 5.65. The molecule has 2 heterocycles. The lowest BCUT2D eigenvalue weighted by atomic mass is 10.1. The lowest BCUT2D eigenvalue weighted by molar-refractivity contribution is 0.115. The summed E-state index contributed by atoms with van der Waals surface area (Å²) in [5.41, 5.74) is 0. The Balaban J connectivity index is 1.90. The normalized spacial score (nSPS) is 31.8. The third-order valence-corrected chi connectivity index (χ3v) is 5.60. The van der Waals surface area contributed by atoms with Gasteiger partial charge < -0.3 is 10.1 Å². The highest BCUT2D eigenvalue weighted by molar-refractivity contribution is 7.89. The van der Waals surface area contributed by atoms with Crippen molar-refractivity contribution in [2.45, 2.75) is 37.8 Å². The summed E-state index contributed by atoms with van der Waals surface area (Å²) in [6, 6.07) is 0.135. The Labute approximate surface area is 104 Å². The van der Waals surface area contributed by atoms with Crippen LogP contribution in [-0.2, 0) is 14.8 Å². The maximum absolute atomic E-state index is 12.2. The molecule has 6 heteroatoms. The van der Waals surface area contributed by atoms with Gasteiger partial charge in [-0.3, -0.25) is 0 Å². The van der Waals surface area contributed by atoms with E-state index in [-0.39, 0.29) is 17.9 Å². The van der Waals surface area contributed by atoms with Crippen LogP contribution in [0.15, 0.2) is 0 Å². The van der Waals surface area contributed by atoms with Gasteiger partial charge in [-0.1, -0.05) is 6.42 Å². The van der Waals surface area contributed by atoms with E-state index in [0.29, 0.717) is 13.1 Å². The van der Waals surface area contributed by atoms with E-state index in [1.165, 1.54) is 0 Å². The molecule has 2 aliphatic heterocycles. The Morgan fingerprint density at radius 2 is 2.18 bits per heavy atom. The number of nitrogens with zero attached hydrogens (tertiary/aromatic N) is 1. The Morgan fingerprint density at radius 3 is 2.76 bits per heavy atom. The number of methoxy groups -OCH3 is 1. The smallest absolute Gasteiger partial charge is 0.215 e. The van der Waals surface area contributed by atoms with Crippen LogP contribution in [0.3, 0.4) is 0 Å². The first-order valence-corrected chi connectivity index (χ1v) is 7.97. The summed E-state index contributed by atoms with van der Waals surface area (Å²) in [6.07, 6.45) is 4.15. The first kappa shape index (κ1) is 13.3. The molecular formula is C11H22N2O3S. The van der Waals surface area contributed by atoms with Gasteiger partial charge >= 0.3 is 0 Å². The van der Waals surface area contributed by atoms with Crippen LogP contribution in [0.25, 0.3) is 0 Å². The Hall–Kier alpha value is -0.170. The molecule has 0 amide bonds. The van der Waals surface area contributed by atoms with E-state index >= 15 is 0 Å². The summed E-state index contributed by atoms with van der Waals surface area (Å²) in [4.78, 5) is 0. The fourth-order valence-electron chi connectivity index (χ4n) is 2.57. The molecule has 0 aromatic carbocycles. The van der Waals surface area contributed by atoms with E-state index in [0.717, 1.165) is 32.2 Å². The number of hydrogen-bond acceptors (Lipinski definition) is 4. The second-order valence-corrected chi connectivity index (χ2v) is 6.94. The molecule has 0 aromatic heterocycles. The molecule has 100 valence electrons. The van der Waals surface area contributed by atoms with Crippen molar-refractivity contribution in [2.24, 2.45) is 0 Å². The zero-order valence-electron chi connectivity index (χ0n) is 10.4. The van der Waals surface area contributed by atoms with Crippen molar-refractivity contribution in [3.63, 3.8) is 0 Å². The van der Waals surface area contributed by atoms with Gasteiger partial charge in [0.15, 0.2) is 0 Å². The minimum Gasteiger partial charge on any atom is -0.380 e. The van der Waals surface area contributed by atoms with Crippen LogP contribution in [0.5, 0.6) is 0 Å². The van der Waals surface area contributed by atoms with Gasteiger partial charge in [0.1, 0.15) is 0 Å². The average Bonchev–Trinajstić information content (AvgIpc) is 2.79. The summed E-state index contributed by atoms with van der Waals surface area (Å²) < 4.78 is 31.2. The lowest BCUT2D eigenvalue weighted by Crippen LogP contribution is -2.43. The van der Waals surface area contributed by atoms with E-state index in [9.17, 15) is 8.42 Å². The van der Waals surface area contributed by atoms with Crippen LogP contribution >= 0.6 is 0 Å². The molecule has 2 saturated heterocycles. The van der Waals surface area contributed by atoms with Gasteiger partial charge in [-0.25, -0.2) is 8.42 Å². The predicted octanol–water partition coefficient (Wildman–Crippen LogP) is 0.179. The summed E-state index contributed by atoms with van der Waals surface area (Å²) >= 11 is 0. The van der Waals surface area contributed by atoms with E-state index in [4.69, 9.17) is 4.74 Å². The monoisotopic (exact) mass is 262 g/mol. The quantitative estimate of drug-likeness (QED) is 0.785. The maximum Gasteiger partial charge on any atom is 0.215 e. The highest BCUT2D eigenvalue weighted by Crippen LogP contribution is 2.18. The lowest BCUT2D eigenvalue weighted by Gasteiger charge is -2.25. The van der Waals surface area contributed by atoms with Crippen molar-refractivity contribution in [2.75, 3.05) is 32.5 Å². The number of hydrogen-bond donors (Lipinski definition) is 1. The van der Waals surface area contributed by atoms with Crippen molar-refractivity contribution in [3.8, 4) is 0 Å². The van der Waals surface area contributed by atoms with Gasteiger partial charge in [-0.2, -0.15) is 4.31 Å². The molecule has 5 nitrogen and oxygen atoms in total. The van der Waals surface area contributed by atoms with Gasteiger partial charge in [0, 0.05) is 26.2 Å². The molecule has 17 heavy (non-hydrogen) atoms. The molecule has 0 aliphatic carbocycles. The van der Waals surface area contributed by atoms with Gasteiger partial charge in [0.2, 0.25) is 10.0 Å². The number of nitrogens with one attached hydrogen (secondary N) is 1. The number of ether oxygens (including phenoxy) is 1. The van der Waals surface area contributed by atoms with Crippen molar-refractivity contribution < 1.29 is 13.2 Å². The van der Waals surface area contributed by atoms with E-state index in [1.54, 1.807) is 11.4 Å². The molecule has 2 atom stereocenters. The molecule has 2 aliphatic rings. The van der Waals surface area contributed by atoms with Crippen molar-refractivity contribution in [1.29, 1.82) is 0 Å². The van der Waals surface area contributed by atoms with Crippen LogP contribution in [0, 0.1) is 0 Å². The molecule has 0 aromatic rings. The van der Waals surface area contributed by atoms with E-state index in [1.807, 2.05) is 0 Å². The van der Waals surface area contributed by atoms with Crippen molar-refractivity contribution in [3.05, 3.63) is 0 Å². The number of piperidine rings is 1. The first-order valence-electron chi connectivity index (χ1n) is 6.36. The van der Waals surface area contributed by atoms with Crippen LogP contribution in [0.1, 0.15) is 25.7 Å². The van der Waals surface area contributed by atoms with Crippen LogP contribution in [-0.4, -0.2) is 57.4 Å². The third-order valence-electron chi connectivity index (χ3n) is 3.66. The molecule has 2 fully saturated rings. The van der Waals surface area contributed by atoms with Gasteiger partial charge in [-0.15, -0.1) is 0 Å². The first-order chi connectivity index (χ1) is 8.12. The fraction of sp³-hybridized carbons (Fsp3) is 1.00. The van der Waals surface area contributed by atoms with Crippen LogP contribution < -0.4 is 5.32 Å². The molecule has 0 radical (unpaired) electrons. The highest BCUT2D eigenvalue weighted by atomic mass is 32.2. The standard InChI is InChI=1S/C11H22N2O3S/c1-16-11-5-7-13(8-11)17(14,15)9-10-4-2-3-6-12-10/h10-12H,2-9H2,1H3. The number of sulfonamides is 1. The Bertz CT molecular complexity index is 339. The summed E-state index contributed by atoms with van der Waals surface area (Å²) in [7, 11) is -1.47. The zero-order chi connectivity index (χ0) is 12.3. The molecule has 2 rings (SSSR count). The summed E-state index contributed by atoms with van der Waals surface area (Å²) in [5.74, 6) is 0.240. The maximum atomic E-state index is 12.2. The van der Waals surface area contributed by atoms with Crippen molar-refractivity contribution >= 4 is 10.0 Å². The average molecular weight is 262 g/mol. The third kappa shape index (κ3) is 3.40. The number of rotatable bonds is 4. The van der Waals surface area contributed by atoms with Crippen LogP contribution in [0.2, 0.25) is 0 Å². The summed E-state index contributed by atoms with van der Waals surface area (Å²) in [5, 5.41) is 3.29. The molecule has 1 N–H and O–H groups in total.